The van der Waals surface area contributed by atoms with E-state index in [9.17, 15) is 0 Å². The van der Waals surface area contributed by atoms with Gasteiger partial charge in [0, 0.05) is 17.8 Å². The molecule has 0 amide bonds. The molecular weight excluding hydrogens is 174 g/mol. The summed E-state index contributed by atoms with van der Waals surface area (Å²) in [6, 6.07) is 7.79. The highest BCUT2D eigenvalue weighted by Gasteiger charge is 1.97. The number of aliphatic hydroxyl groups excluding tert-OH is 1. The number of rotatable bonds is 4. The van der Waals surface area contributed by atoms with Crippen LogP contribution in [0.5, 0.6) is 0 Å². The monoisotopic (exact) mass is 191 g/mol. The lowest BCUT2D eigenvalue weighted by molar-refractivity contribution is 0.282. The second kappa shape index (κ2) is 5.45. The number of allylic oxidation sites excluding steroid dienone is 1. The zero-order valence-corrected chi connectivity index (χ0v) is 8.75. The summed E-state index contributed by atoms with van der Waals surface area (Å²) < 4.78 is 0. The minimum atomic E-state index is 0.0813. The van der Waals surface area contributed by atoms with Crippen LogP contribution in [0.25, 0.3) is 0 Å². The molecule has 0 aliphatic rings. The molecule has 0 aromatic heterocycles. The van der Waals surface area contributed by atoms with Gasteiger partial charge in [-0.3, -0.25) is 0 Å². The maximum atomic E-state index is 9.07. The summed E-state index contributed by atoms with van der Waals surface area (Å²) in [4.78, 5) is 0. The molecule has 2 nitrogen and oxygen atoms in total. The Hall–Kier alpha value is -1.28. The van der Waals surface area contributed by atoms with E-state index in [1.165, 1.54) is 5.57 Å². The molecule has 0 spiro atoms. The average Bonchev–Trinajstić information content (AvgIpc) is 2.18. The Bertz CT molecular complexity index is 314. The first kappa shape index (κ1) is 10.8. The summed E-state index contributed by atoms with van der Waals surface area (Å²) in [6.07, 6.45) is 2.12. The fourth-order valence-electron chi connectivity index (χ4n) is 1.20. The van der Waals surface area contributed by atoms with Gasteiger partial charge in [0.05, 0.1) is 6.61 Å². The van der Waals surface area contributed by atoms with Crippen molar-refractivity contribution in [1.82, 2.24) is 0 Å². The Kier molecular flexibility index (Phi) is 4.20. The molecule has 2 heteroatoms. The summed E-state index contributed by atoms with van der Waals surface area (Å²) in [5.74, 6) is 0. The summed E-state index contributed by atoms with van der Waals surface area (Å²) in [6.45, 7) is 5.02. The van der Waals surface area contributed by atoms with E-state index in [0.29, 0.717) is 0 Å². The first-order chi connectivity index (χ1) is 6.74. The fraction of sp³-hybridized carbons (Fsp3) is 0.333. The lowest BCUT2D eigenvalue weighted by Gasteiger charge is -2.08. The van der Waals surface area contributed by atoms with E-state index in [4.69, 9.17) is 5.11 Å². The number of aliphatic hydroxyl groups is 1. The molecule has 0 aliphatic carbocycles. The van der Waals surface area contributed by atoms with Gasteiger partial charge in [0.15, 0.2) is 0 Å². The van der Waals surface area contributed by atoms with Crippen LogP contribution in [-0.2, 0) is 6.61 Å². The van der Waals surface area contributed by atoms with Crippen molar-refractivity contribution in [2.75, 3.05) is 11.9 Å². The van der Waals surface area contributed by atoms with E-state index in [0.717, 1.165) is 17.8 Å². The van der Waals surface area contributed by atoms with Gasteiger partial charge < -0.3 is 10.4 Å². The average molecular weight is 191 g/mol. The number of hydrogen-bond donors (Lipinski definition) is 2. The molecule has 2 N–H and O–H groups in total. The van der Waals surface area contributed by atoms with Crippen LogP contribution < -0.4 is 5.32 Å². The number of hydrogen-bond acceptors (Lipinski definition) is 2. The van der Waals surface area contributed by atoms with Crippen molar-refractivity contribution in [2.24, 2.45) is 0 Å². The van der Waals surface area contributed by atoms with Crippen molar-refractivity contribution in [3.05, 3.63) is 41.5 Å². The van der Waals surface area contributed by atoms with E-state index < -0.39 is 0 Å². The molecule has 0 radical (unpaired) electrons. The number of para-hydroxylation sites is 1. The zero-order valence-electron chi connectivity index (χ0n) is 8.75. The molecule has 0 saturated carbocycles. The van der Waals surface area contributed by atoms with Crippen molar-refractivity contribution in [3.63, 3.8) is 0 Å². The largest absolute Gasteiger partial charge is 0.392 e. The standard InChI is InChI=1S/C12H17NO/c1-10(2)7-8-13-12-6-4-3-5-11(12)9-14/h3-7,13-14H,8-9H2,1-2H3. The molecule has 0 bridgehead atoms. The zero-order chi connectivity index (χ0) is 10.4. The topological polar surface area (TPSA) is 32.3 Å². The van der Waals surface area contributed by atoms with Gasteiger partial charge >= 0.3 is 0 Å². The molecule has 14 heavy (non-hydrogen) atoms. The van der Waals surface area contributed by atoms with Gasteiger partial charge in [-0.15, -0.1) is 0 Å². The highest BCUT2D eigenvalue weighted by atomic mass is 16.3. The first-order valence-electron chi connectivity index (χ1n) is 4.80. The van der Waals surface area contributed by atoms with Crippen molar-refractivity contribution >= 4 is 5.69 Å². The van der Waals surface area contributed by atoms with E-state index in [2.05, 4.69) is 25.2 Å². The number of nitrogens with one attached hydrogen (secondary N) is 1. The predicted octanol–water partition coefficient (Wildman–Crippen LogP) is 2.56. The molecule has 1 aromatic rings. The van der Waals surface area contributed by atoms with Crippen molar-refractivity contribution in [1.29, 1.82) is 0 Å². The molecule has 0 aliphatic heterocycles. The highest BCUT2D eigenvalue weighted by Crippen LogP contribution is 2.14. The molecule has 0 fully saturated rings. The minimum Gasteiger partial charge on any atom is -0.392 e. The highest BCUT2D eigenvalue weighted by molar-refractivity contribution is 5.51. The van der Waals surface area contributed by atoms with Gasteiger partial charge in [0.1, 0.15) is 0 Å². The van der Waals surface area contributed by atoms with E-state index in [-0.39, 0.29) is 6.61 Å². The quantitative estimate of drug-likeness (QED) is 0.717. The molecule has 0 atom stereocenters. The molecule has 76 valence electrons. The van der Waals surface area contributed by atoms with E-state index >= 15 is 0 Å². The molecular formula is C12H17NO. The van der Waals surface area contributed by atoms with Gasteiger partial charge in [-0.25, -0.2) is 0 Å². The van der Waals surface area contributed by atoms with Gasteiger partial charge in [-0.1, -0.05) is 29.8 Å². The van der Waals surface area contributed by atoms with Gasteiger partial charge in [0.2, 0.25) is 0 Å². The summed E-state index contributed by atoms with van der Waals surface area (Å²) in [7, 11) is 0. The van der Waals surface area contributed by atoms with Crippen LogP contribution in [0, 0.1) is 0 Å². The van der Waals surface area contributed by atoms with Crippen LogP contribution in [0.1, 0.15) is 19.4 Å². The van der Waals surface area contributed by atoms with Gasteiger partial charge in [-0.05, 0) is 19.9 Å². The van der Waals surface area contributed by atoms with Crippen LogP contribution in [0.15, 0.2) is 35.9 Å². The number of benzene rings is 1. The normalized spacial score (nSPS) is 9.64. The minimum absolute atomic E-state index is 0.0813. The van der Waals surface area contributed by atoms with Crippen LogP contribution >= 0.6 is 0 Å². The van der Waals surface area contributed by atoms with Crippen LogP contribution in [0.2, 0.25) is 0 Å². The molecule has 0 unspecified atom stereocenters. The number of anilines is 1. The first-order valence-corrected chi connectivity index (χ1v) is 4.80. The Labute approximate surface area is 85.3 Å². The summed E-state index contributed by atoms with van der Waals surface area (Å²) in [5.41, 5.74) is 3.24. The third kappa shape index (κ3) is 3.23. The lowest BCUT2D eigenvalue weighted by atomic mass is 10.2. The van der Waals surface area contributed by atoms with Crippen molar-refractivity contribution in [2.45, 2.75) is 20.5 Å². The maximum Gasteiger partial charge on any atom is 0.0701 e. The van der Waals surface area contributed by atoms with Gasteiger partial charge in [0.25, 0.3) is 0 Å². The fourth-order valence-corrected chi connectivity index (χ4v) is 1.20. The maximum absolute atomic E-state index is 9.07. The molecule has 1 aromatic carbocycles. The third-order valence-corrected chi connectivity index (χ3v) is 1.99. The Balaban J connectivity index is 2.62. The molecule has 0 saturated heterocycles. The van der Waals surface area contributed by atoms with E-state index in [1.54, 1.807) is 0 Å². The summed E-state index contributed by atoms with van der Waals surface area (Å²) in [5, 5.41) is 12.3. The molecule has 0 heterocycles. The smallest absolute Gasteiger partial charge is 0.0701 e. The second-order valence-electron chi connectivity index (χ2n) is 3.48. The van der Waals surface area contributed by atoms with Crippen LogP contribution in [-0.4, -0.2) is 11.7 Å². The van der Waals surface area contributed by atoms with Crippen LogP contribution in [0.4, 0.5) is 5.69 Å². The molecule has 1 rings (SSSR count). The Morgan fingerprint density at radius 3 is 2.71 bits per heavy atom. The second-order valence-corrected chi connectivity index (χ2v) is 3.48. The van der Waals surface area contributed by atoms with Gasteiger partial charge in [-0.2, -0.15) is 0 Å². The lowest BCUT2D eigenvalue weighted by Crippen LogP contribution is -2.01. The van der Waals surface area contributed by atoms with Crippen LogP contribution in [0.3, 0.4) is 0 Å². The predicted molar refractivity (Wildman–Crippen MR) is 60.3 cm³/mol. The third-order valence-electron chi connectivity index (χ3n) is 1.99. The SMILES string of the molecule is CC(C)=CCNc1ccccc1CO. The Morgan fingerprint density at radius 1 is 1.36 bits per heavy atom. The Morgan fingerprint density at radius 2 is 2.07 bits per heavy atom. The van der Waals surface area contributed by atoms with Crippen molar-refractivity contribution in [3.8, 4) is 0 Å². The van der Waals surface area contributed by atoms with Crippen molar-refractivity contribution < 1.29 is 5.11 Å². The van der Waals surface area contributed by atoms with E-state index in [1.807, 2.05) is 24.3 Å². The summed E-state index contributed by atoms with van der Waals surface area (Å²) >= 11 is 0.